The third kappa shape index (κ3) is 3.77. The van der Waals surface area contributed by atoms with Crippen molar-refractivity contribution in [2.24, 2.45) is 0 Å². The predicted molar refractivity (Wildman–Crippen MR) is 104 cm³/mol. The lowest BCUT2D eigenvalue weighted by Gasteiger charge is -2.09. The summed E-state index contributed by atoms with van der Waals surface area (Å²) in [5, 5.41) is 2.95. The zero-order valence-corrected chi connectivity index (χ0v) is 14.9. The van der Waals surface area contributed by atoms with E-state index in [1.807, 2.05) is 36.4 Å². The molecule has 5 heteroatoms. The van der Waals surface area contributed by atoms with Gasteiger partial charge < -0.3 is 14.6 Å². The molecule has 0 unspecified atom stereocenters. The van der Waals surface area contributed by atoms with E-state index >= 15 is 0 Å². The number of benzene rings is 2. The normalized spacial score (nSPS) is 10.7. The van der Waals surface area contributed by atoms with Crippen molar-refractivity contribution >= 4 is 16.9 Å². The molecular weight excluding hydrogens is 326 g/mol. The zero-order chi connectivity index (χ0) is 18.4. The molecule has 0 aliphatic carbocycles. The van der Waals surface area contributed by atoms with Crippen LogP contribution in [0.25, 0.3) is 11.0 Å². The van der Waals surface area contributed by atoms with Gasteiger partial charge in [-0.1, -0.05) is 30.3 Å². The van der Waals surface area contributed by atoms with Crippen LogP contribution in [-0.4, -0.2) is 29.1 Å². The molecule has 3 aromatic rings. The number of aromatic nitrogens is 2. The van der Waals surface area contributed by atoms with Crippen LogP contribution in [-0.2, 0) is 13.0 Å². The molecule has 5 nitrogen and oxygen atoms in total. The van der Waals surface area contributed by atoms with Crippen LogP contribution < -0.4 is 10.1 Å². The van der Waals surface area contributed by atoms with Crippen LogP contribution in [0.3, 0.4) is 0 Å². The van der Waals surface area contributed by atoms with Crippen LogP contribution in [0.1, 0.15) is 22.6 Å². The van der Waals surface area contributed by atoms with Crippen molar-refractivity contribution in [2.75, 3.05) is 13.7 Å². The molecule has 0 atom stereocenters. The fraction of sp³-hybridized carbons (Fsp3) is 0.238. The first-order valence-electron chi connectivity index (χ1n) is 8.71. The highest BCUT2D eigenvalue weighted by Crippen LogP contribution is 2.18. The Morgan fingerprint density at radius 2 is 2.00 bits per heavy atom. The summed E-state index contributed by atoms with van der Waals surface area (Å²) in [6.07, 6.45) is 3.47. The highest BCUT2D eigenvalue weighted by atomic mass is 16.5. The maximum atomic E-state index is 12.3. The number of allylic oxidation sites excluding steroid dienone is 1. The van der Waals surface area contributed by atoms with Gasteiger partial charge in [-0.15, -0.1) is 6.58 Å². The molecule has 1 aromatic heterocycles. The van der Waals surface area contributed by atoms with Crippen LogP contribution in [0.15, 0.2) is 61.2 Å². The summed E-state index contributed by atoms with van der Waals surface area (Å²) in [6.45, 7) is 5.14. The highest BCUT2D eigenvalue weighted by Gasteiger charge is 2.12. The van der Waals surface area contributed by atoms with Crippen molar-refractivity contribution in [3.05, 3.63) is 72.6 Å². The summed E-state index contributed by atoms with van der Waals surface area (Å²) in [6, 6.07) is 15.3. The monoisotopic (exact) mass is 349 g/mol. The van der Waals surface area contributed by atoms with E-state index in [9.17, 15) is 4.79 Å². The third-order valence-electron chi connectivity index (χ3n) is 4.26. The first-order chi connectivity index (χ1) is 12.7. The van der Waals surface area contributed by atoms with Gasteiger partial charge in [0.2, 0.25) is 0 Å². The Hall–Kier alpha value is -3.08. The summed E-state index contributed by atoms with van der Waals surface area (Å²) < 4.78 is 7.41. The van der Waals surface area contributed by atoms with E-state index in [-0.39, 0.29) is 5.91 Å². The number of carbonyl (C=O) groups is 1. The molecule has 3 rings (SSSR count). The van der Waals surface area contributed by atoms with E-state index in [0.717, 1.165) is 36.2 Å². The van der Waals surface area contributed by atoms with Gasteiger partial charge in [0.1, 0.15) is 11.6 Å². The maximum absolute atomic E-state index is 12.3. The van der Waals surface area contributed by atoms with Crippen LogP contribution in [0.2, 0.25) is 0 Å². The Morgan fingerprint density at radius 3 is 2.81 bits per heavy atom. The number of amides is 1. The summed E-state index contributed by atoms with van der Waals surface area (Å²) in [5.41, 5.74) is 2.65. The lowest BCUT2D eigenvalue weighted by molar-refractivity contribution is 0.0950. The Bertz CT molecular complexity index is 915. The van der Waals surface area contributed by atoms with E-state index in [0.29, 0.717) is 17.9 Å². The third-order valence-corrected chi connectivity index (χ3v) is 4.26. The molecule has 0 bridgehead atoms. The van der Waals surface area contributed by atoms with Crippen molar-refractivity contribution in [1.82, 2.24) is 14.9 Å². The maximum Gasteiger partial charge on any atom is 0.255 e. The Morgan fingerprint density at radius 1 is 1.23 bits per heavy atom. The van der Waals surface area contributed by atoms with E-state index in [4.69, 9.17) is 9.72 Å². The van der Waals surface area contributed by atoms with Crippen molar-refractivity contribution in [1.29, 1.82) is 0 Å². The molecule has 0 saturated heterocycles. The van der Waals surface area contributed by atoms with Gasteiger partial charge >= 0.3 is 0 Å². The summed E-state index contributed by atoms with van der Waals surface area (Å²) >= 11 is 0. The second-order valence-electron chi connectivity index (χ2n) is 5.98. The van der Waals surface area contributed by atoms with Crippen LogP contribution in [0, 0.1) is 0 Å². The lowest BCUT2D eigenvalue weighted by Crippen LogP contribution is -2.25. The molecule has 26 heavy (non-hydrogen) atoms. The van der Waals surface area contributed by atoms with E-state index in [2.05, 4.69) is 22.5 Å². The molecule has 0 aliphatic heterocycles. The van der Waals surface area contributed by atoms with Gasteiger partial charge in [-0.05, 0) is 30.7 Å². The van der Waals surface area contributed by atoms with Gasteiger partial charge in [-0.25, -0.2) is 4.98 Å². The van der Waals surface area contributed by atoms with Crippen LogP contribution in [0.5, 0.6) is 5.75 Å². The Kier molecular flexibility index (Phi) is 5.69. The van der Waals surface area contributed by atoms with Gasteiger partial charge in [0.25, 0.3) is 5.91 Å². The lowest BCUT2D eigenvalue weighted by atomic mass is 10.2. The van der Waals surface area contributed by atoms with Gasteiger partial charge in [0.15, 0.2) is 0 Å². The largest absolute Gasteiger partial charge is 0.496 e. The van der Waals surface area contributed by atoms with E-state index in [1.54, 1.807) is 19.2 Å². The molecule has 2 aromatic carbocycles. The molecule has 0 spiro atoms. The molecule has 1 heterocycles. The number of rotatable bonds is 8. The summed E-state index contributed by atoms with van der Waals surface area (Å²) in [4.78, 5) is 17.0. The molecular formula is C21H23N3O2. The topological polar surface area (TPSA) is 56.2 Å². The smallest absolute Gasteiger partial charge is 0.255 e. The standard InChI is InChI=1S/C21H23N3O2/c1-3-15-24-18-11-6-5-10-17(18)23-20(24)13-8-14-22-21(25)16-9-4-7-12-19(16)26-2/h3-7,9-12H,1,8,13-15H2,2H3,(H,22,25). The highest BCUT2D eigenvalue weighted by molar-refractivity contribution is 5.96. The fourth-order valence-corrected chi connectivity index (χ4v) is 3.02. The second kappa shape index (κ2) is 8.34. The quantitative estimate of drug-likeness (QED) is 0.499. The molecule has 134 valence electrons. The first-order valence-corrected chi connectivity index (χ1v) is 8.71. The number of imidazole rings is 1. The minimum Gasteiger partial charge on any atom is -0.496 e. The number of para-hydroxylation sites is 3. The molecule has 0 fully saturated rings. The number of carbonyl (C=O) groups excluding carboxylic acids is 1. The molecule has 0 aliphatic rings. The van der Waals surface area contributed by atoms with Gasteiger partial charge in [0.05, 0.1) is 23.7 Å². The number of nitrogens with one attached hydrogen (secondary N) is 1. The fourth-order valence-electron chi connectivity index (χ4n) is 3.02. The van der Waals surface area contributed by atoms with Crippen LogP contribution >= 0.6 is 0 Å². The van der Waals surface area contributed by atoms with Crippen molar-refractivity contribution < 1.29 is 9.53 Å². The van der Waals surface area contributed by atoms with E-state index in [1.165, 1.54) is 0 Å². The van der Waals surface area contributed by atoms with Gasteiger partial charge in [0, 0.05) is 19.5 Å². The van der Waals surface area contributed by atoms with Crippen molar-refractivity contribution in [2.45, 2.75) is 19.4 Å². The molecule has 1 N–H and O–H groups in total. The summed E-state index contributed by atoms with van der Waals surface area (Å²) in [5.74, 6) is 1.47. The van der Waals surface area contributed by atoms with E-state index < -0.39 is 0 Å². The number of hydrogen-bond acceptors (Lipinski definition) is 3. The predicted octanol–water partition coefficient (Wildman–Crippen LogP) is 3.59. The minimum absolute atomic E-state index is 0.123. The Balaban J connectivity index is 1.61. The number of fused-ring (bicyclic) bond motifs is 1. The van der Waals surface area contributed by atoms with Crippen molar-refractivity contribution in [3.8, 4) is 5.75 Å². The number of methoxy groups -OCH3 is 1. The molecule has 0 saturated carbocycles. The number of nitrogens with zero attached hydrogens (tertiary/aromatic N) is 2. The molecule has 1 amide bonds. The first kappa shape index (κ1) is 17.7. The van der Waals surface area contributed by atoms with Crippen molar-refractivity contribution in [3.63, 3.8) is 0 Å². The van der Waals surface area contributed by atoms with Crippen LogP contribution in [0.4, 0.5) is 0 Å². The van der Waals surface area contributed by atoms with Gasteiger partial charge in [-0.2, -0.15) is 0 Å². The minimum atomic E-state index is -0.123. The average Bonchev–Trinajstić information content (AvgIpc) is 3.03. The van der Waals surface area contributed by atoms with Gasteiger partial charge in [-0.3, -0.25) is 4.79 Å². The number of aryl methyl sites for hydroxylation is 1. The molecule has 0 radical (unpaired) electrons. The summed E-state index contributed by atoms with van der Waals surface area (Å²) in [7, 11) is 1.57. The zero-order valence-electron chi connectivity index (χ0n) is 14.9. The number of ether oxygens (including phenoxy) is 1. The second-order valence-corrected chi connectivity index (χ2v) is 5.98. The SMILES string of the molecule is C=CCn1c(CCCNC(=O)c2ccccc2OC)nc2ccccc21. The average molecular weight is 349 g/mol. The number of hydrogen-bond donors (Lipinski definition) is 1. The Labute approximate surface area is 153 Å².